The molecule has 0 bridgehead atoms. The second-order valence-corrected chi connectivity index (χ2v) is 6.72. The van der Waals surface area contributed by atoms with E-state index in [0.717, 1.165) is 11.1 Å². The zero-order chi connectivity index (χ0) is 16.7. The average Bonchev–Trinajstić information content (AvgIpc) is 2.53. The first-order chi connectivity index (χ1) is 11.1. The molecule has 0 N–H and O–H groups in total. The van der Waals surface area contributed by atoms with Crippen molar-refractivity contribution in [3.05, 3.63) is 58.1 Å². The quantitative estimate of drug-likeness (QED) is 0.504. The minimum absolute atomic E-state index is 0.0409. The molecule has 2 aromatic rings. The molecule has 0 amide bonds. The van der Waals surface area contributed by atoms with Gasteiger partial charge in [-0.05, 0) is 45.1 Å². The molecule has 0 saturated heterocycles. The number of ether oxygens (including phenoxy) is 2. The topological polar surface area (TPSA) is 35.5 Å². The van der Waals surface area contributed by atoms with Gasteiger partial charge in [0.25, 0.3) is 0 Å². The Morgan fingerprint density at radius 1 is 1.04 bits per heavy atom. The maximum Gasteiger partial charge on any atom is 0.188 e. The molecule has 0 spiro atoms. The summed E-state index contributed by atoms with van der Waals surface area (Å²) in [7, 11) is -0.0409. The largest absolute Gasteiger partial charge is 0.491 e. The van der Waals surface area contributed by atoms with Crippen molar-refractivity contribution in [1.82, 2.24) is 0 Å². The van der Waals surface area contributed by atoms with E-state index in [2.05, 4.69) is 0 Å². The van der Waals surface area contributed by atoms with Crippen LogP contribution in [0.1, 0.15) is 17.3 Å². The van der Waals surface area contributed by atoms with E-state index in [0.29, 0.717) is 35.4 Å². The standard InChI is InChI=1S/C17H17Cl2O3P/c1-2-21-10-11-22-12-6-8-13(9-7-12)23-17(20)16-14(18)4-3-5-15(16)19/h3-9,23H,2,10-11H2,1H3. The Morgan fingerprint density at radius 3 is 2.30 bits per heavy atom. The second-order valence-electron chi connectivity index (χ2n) is 4.62. The first kappa shape index (κ1) is 18.2. The molecule has 0 aliphatic heterocycles. The van der Waals surface area contributed by atoms with Crippen LogP contribution in [-0.4, -0.2) is 25.3 Å². The lowest BCUT2D eigenvalue weighted by molar-refractivity contribution is 0.108. The number of hydrogen-bond donors (Lipinski definition) is 0. The molecule has 0 aromatic heterocycles. The van der Waals surface area contributed by atoms with Crippen LogP contribution >= 0.6 is 31.8 Å². The van der Waals surface area contributed by atoms with Gasteiger partial charge in [-0.25, -0.2) is 0 Å². The third-order valence-electron chi connectivity index (χ3n) is 3.00. The summed E-state index contributed by atoms with van der Waals surface area (Å²) in [5.74, 6) is 0.751. The Kier molecular flexibility index (Phi) is 7.32. The number of benzene rings is 2. The highest BCUT2D eigenvalue weighted by Crippen LogP contribution is 2.30. The van der Waals surface area contributed by atoms with E-state index in [4.69, 9.17) is 32.7 Å². The van der Waals surface area contributed by atoms with Gasteiger partial charge in [0.2, 0.25) is 0 Å². The lowest BCUT2D eigenvalue weighted by Crippen LogP contribution is -2.07. The van der Waals surface area contributed by atoms with Crippen LogP contribution in [0.5, 0.6) is 5.75 Å². The zero-order valence-electron chi connectivity index (χ0n) is 12.6. The molecule has 0 fully saturated rings. The molecule has 0 aliphatic rings. The molecule has 0 radical (unpaired) electrons. The SMILES string of the molecule is CCOCCOc1ccc(PC(=O)c2c(Cl)cccc2Cl)cc1. The number of hydrogen-bond acceptors (Lipinski definition) is 3. The van der Waals surface area contributed by atoms with Crippen LogP contribution in [0, 0.1) is 0 Å². The molecule has 1 unspecified atom stereocenters. The van der Waals surface area contributed by atoms with Crippen LogP contribution in [-0.2, 0) is 4.74 Å². The summed E-state index contributed by atoms with van der Waals surface area (Å²) in [5.41, 5.74) is 0.303. The Balaban J connectivity index is 1.96. The molecule has 0 aliphatic carbocycles. The van der Waals surface area contributed by atoms with Gasteiger partial charge in [0.05, 0.1) is 22.2 Å². The fourth-order valence-corrected chi connectivity index (χ4v) is 3.62. The normalized spacial score (nSPS) is 11.1. The summed E-state index contributed by atoms with van der Waals surface area (Å²) < 4.78 is 10.8. The van der Waals surface area contributed by atoms with E-state index in [1.165, 1.54) is 0 Å². The number of rotatable bonds is 8. The second kappa shape index (κ2) is 9.24. The molecule has 6 heteroatoms. The van der Waals surface area contributed by atoms with E-state index in [-0.39, 0.29) is 14.1 Å². The van der Waals surface area contributed by atoms with Gasteiger partial charge < -0.3 is 9.47 Å². The van der Waals surface area contributed by atoms with Crippen molar-refractivity contribution in [2.75, 3.05) is 19.8 Å². The monoisotopic (exact) mass is 370 g/mol. The van der Waals surface area contributed by atoms with Crippen molar-refractivity contribution < 1.29 is 14.3 Å². The minimum atomic E-state index is -0.0781. The van der Waals surface area contributed by atoms with Gasteiger partial charge in [-0.15, -0.1) is 0 Å². The van der Waals surface area contributed by atoms with Crippen molar-refractivity contribution in [2.24, 2.45) is 0 Å². The molecular formula is C17H17Cl2O3P. The first-order valence-electron chi connectivity index (χ1n) is 7.17. The maximum absolute atomic E-state index is 12.4. The van der Waals surface area contributed by atoms with Crippen LogP contribution in [0.4, 0.5) is 0 Å². The third kappa shape index (κ3) is 5.47. The Morgan fingerprint density at radius 2 is 1.70 bits per heavy atom. The smallest absolute Gasteiger partial charge is 0.188 e. The van der Waals surface area contributed by atoms with E-state index >= 15 is 0 Å². The van der Waals surface area contributed by atoms with Gasteiger partial charge in [-0.3, -0.25) is 4.79 Å². The van der Waals surface area contributed by atoms with Crippen LogP contribution in [0.25, 0.3) is 0 Å². The molecule has 1 atom stereocenters. The van der Waals surface area contributed by atoms with Crippen molar-refractivity contribution >= 4 is 42.6 Å². The summed E-state index contributed by atoms with van der Waals surface area (Å²) in [5, 5.41) is 1.67. The Bertz CT molecular complexity index is 639. The van der Waals surface area contributed by atoms with Gasteiger partial charge >= 0.3 is 0 Å². The number of carbonyl (C=O) groups excluding carboxylic acids is 1. The molecule has 3 nitrogen and oxygen atoms in total. The van der Waals surface area contributed by atoms with Gasteiger partial charge in [0.15, 0.2) is 5.52 Å². The van der Waals surface area contributed by atoms with E-state index in [1.807, 2.05) is 31.2 Å². The van der Waals surface area contributed by atoms with Crippen LogP contribution in [0.3, 0.4) is 0 Å². The molecule has 23 heavy (non-hydrogen) atoms. The molecule has 0 saturated carbocycles. The predicted molar refractivity (Wildman–Crippen MR) is 97.2 cm³/mol. The third-order valence-corrected chi connectivity index (χ3v) is 4.73. The van der Waals surface area contributed by atoms with E-state index < -0.39 is 0 Å². The lowest BCUT2D eigenvalue weighted by Gasteiger charge is -2.08. The molecule has 2 aromatic carbocycles. The van der Waals surface area contributed by atoms with Crippen LogP contribution in [0.2, 0.25) is 10.0 Å². The highest BCUT2D eigenvalue weighted by molar-refractivity contribution is 7.66. The first-order valence-corrected chi connectivity index (χ1v) is 8.93. The number of halogens is 2. The summed E-state index contributed by atoms with van der Waals surface area (Å²) >= 11 is 12.1. The summed E-state index contributed by atoms with van der Waals surface area (Å²) in [6.07, 6.45) is 0. The Labute approximate surface area is 147 Å². The van der Waals surface area contributed by atoms with Gasteiger partial charge in [0.1, 0.15) is 12.4 Å². The summed E-state index contributed by atoms with van der Waals surface area (Å²) in [6, 6.07) is 12.5. The lowest BCUT2D eigenvalue weighted by atomic mass is 10.2. The average molecular weight is 371 g/mol. The van der Waals surface area contributed by atoms with Crippen molar-refractivity contribution in [2.45, 2.75) is 6.92 Å². The van der Waals surface area contributed by atoms with Crippen molar-refractivity contribution in [3.8, 4) is 5.75 Å². The van der Waals surface area contributed by atoms with Crippen LogP contribution in [0.15, 0.2) is 42.5 Å². The predicted octanol–water partition coefficient (Wildman–Crippen LogP) is 4.55. The molecule has 2 rings (SSSR count). The highest BCUT2D eigenvalue weighted by atomic mass is 35.5. The van der Waals surface area contributed by atoms with E-state index in [1.54, 1.807) is 18.2 Å². The fraction of sp³-hybridized carbons (Fsp3) is 0.235. The summed E-state index contributed by atoms with van der Waals surface area (Å²) in [4.78, 5) is 12.4. The van der Waals surface area contributed by atoms with Gasteiger partial charge in [-0.2, -0.15) is 0 Å². The van der Waals surface area contributed by atoms with Crippen molar-refractivity contribution in [3.63, 3.8) is 0 Å². The van der Waals surface area contributed by atoms with Crippen LogP contribution < -0.4 is 10.0 Å². The van der Waals surface area contributed by atoms with Gasteiger partial charge in [0, 0.05) is 6.61 Å². The zero-order valence-corrected chi connectivity index (χ0v) is 15.2. The van der Waals surface area contributed by atoms with E-state index in [9.17, 15) is 4.79 Å². The minimum Gasteiger partial charge on any atom is -0.491 e. The molecule has 0 heterocycles. The molecule has 122 valence electrons. The Hall–Kier alpha value is -1.12. The van der Waals surface area contributed by atoms with Crippen molar-refractivity contribution in [1.29, 1.82) is 0 Å². The van der Waals surface area contributed by atoms with Gasteiger partial charge in [-0.1, -0.05) is 41.4 Å². The maximum atomic E-state index is 12.4. The highest BCUT2D eigenvalue weighted by Gasteiger charge is 2.15. The number of carbonyl (C=O) groups is 1. The molecular weight excluding hydrogens is 354 g/mol. The fourth-order valence-electron chi connectivity index (χ4n) is 1.91. The summed E-state index contributed by atoms with van der Waals surface area (Å²) in [6.45, 7) is 3.68.